The first kappa shape index (κ1) is 19.3. The first-order chi connectivity index (χ1) is 14.5. The number of carbonyl (C=O) groups is 1. The summed E-state index contributed by atoms with van der Waals surface area (Å²) in [7, 11) is 1.83. The summed E-state index contributed by atoms with van der Waals surface area (Å²) in [6.45, 7) is 3.94. The Labute approximate surface area is 173 Å². The van der Waals surface area contributed by atoms with Crippen LogP contribution in [0.3, 0.4) is 0 Å². The number of urea groups is 1. The van der Waals surface area contributed by atoms with Gasteiger partial charge in [0.25, 0.3) is 0 Å². The van der Waals surface area contributed by atoms with Gasteiger partial charge in [0.05, 0.1) is 30.3 Å². The summed E-state index contributed by atoms with van der Waals surface area (Å²) in [5, 5.41) is 13.1. The number of aromatic nitrogens is 5. The minimum atomic E-state index is -0.326. The highest BCUT2D eigenvalue weighted by molar-refractivity contribution is 5.99. The lowest BCUT2D eigenvalue weighted by Gasteiger charge is -2.16. The van der Waals surface area contributed by atoms with Crippen molar-refractivity contribution in [1.29, 1.82) is 0 Å². The topological polar surface area (TPSA) is 110 Å². The van der Waals surface area contributed by atoms with E-state index in [1.54, 1.807) is 29.5 Å². The van der Waals surface area contributed by atoms with Crippen LogP contribution in [-0.2, 0) is 7.05 Å². The number of aryl methyl sites for hydroxylation is 2. The molecule has 0 aliphatic heterocycles. The van der Waals surface area contributed by atoms with E-state index < -0.39 is 0 Å². The van der Waals surface area contributed by atoms with E-state index in [0.29, 0.717) is 22.8 Å². The van der Waals surface area contributed by atoms with Crippen molar-refractivity contribution >= 4 is 34.4 Å². The number of rotatable bonds is 5. The third-order valence-corrected chi connectivity index (χ3v) is 4.58. The molecule has 0 radical (unpaired) electrons. The Morgan fingerprint density at radius 1 is 1.07 bits per heavy atom. The fourth-order valence-electron chi connectivity index (χ4n) is 3.09. The van der Waals surface area contributed by atoms with Gasteiger partial charge in [-0.05, 0) is 43.2 Å². The molecule has 0 unspecified atom stereocenters. The lowest BCUT2D eigenvalue weighted by molar-refractivity contribution is 0.262. The van der Waals surface area contributed by atoms with Gasteiger partial charge in [-0.1, -0.05) is 12.1 Å². The summed E-state index contributed by atoms with van der Waals surface area (Å²) in [5.41, 5.74) is 4.76. The van der Waals surface area contributed by atoms with Gasteiger partial charge in [-0.2, -0.15) is 5.10 Å². The van der Waals surface area contributed by atoms with Crippen LogP contribution >= 0.6 is 0 Å². The Kier molecular flexibility index (Phi) is 5.25. The van der Waals surface area contributed by atoms with Crippen molar-refractivity contribution in [2.75, 3.05) is 16.0 Å². The van der Waals surface area contributed by atoms with E-state index in [9.17, 15) is 4.79 Å². The zero-order chi connectivity index (χ0) is 21.1. The molecule has 3 heterocycles. The number of fused-ring (bicyclic) bond motifs is 1. The van der Waals surface area contributed by atoms with Crippen LogP contribution in [0.2, 0.25) is 0 Å². The van der Waals surface area contributed by atoms with E-state index in [1.807, 2.05) is 51.2 Å². The lowest BCUT2D eigenvalue weighted by atomic mass is 10.1. The van der Waals surface area contributed by atoms with Crippen molar-refractivity contribution in [2.45, 2.75) is 19.9 Å². The monoisotopic (exact) mass is 402 g/mol. The second-order valence-electron chi connectivity index (χ2n) is 7.05. The first-order valence-electron chi connectivity index (χ1n) is 9.49. The first-order valence-corrected chi connectivity index (χ1v) is 9.49. The molecule has 9 heteroatoms. The molecule has 4 aromatic rings. The number of hydrogen-bond donors (Lipinski definition) is 3. The van der Waals surface area contributed by atoms with Gasteiger partial charge in [-0.15, -0.1) is 0 Å². The summed E-state index contributed by atoms with van der Waals surface area (Å²) in [5.74, 6) is 0.654. The maximum absolute atomic E-state index is 12.3. The molecule has 3 N–H and O–H groups in total. The van der Waals surface area contributed by atoms with Crippen molar-refractivity contribution in [2.24, 2.45) is 7.05 Å². The van der Waals surface area contributed by atoms with Gasteiger partial charge < -0.3 is 16.0 Å². The molecule has 9 nitrogen and oxygen atoms in total. The minimum Gasteiger partial charge on any atom is -0.362 e. The molecule has 152 valence electrons. The summed E-state index contributed by atoms with van der Waals surface area (Å²) < 4.78 is 1.69. The zero-order valence-electron chi connectivity index (χ0n) is 16.9. The SMILES string of the molecule is Cc1cncc(NC(=O)Nc2cccc([C@H](C)Nc3cnc4cnn(C)c4n3)c2)c1. The predicted octanol–water partition coefficient (Wildman–Crippen LogP) is 3.88. The molecule has 30 heavy (non-hydrogen) atoms. The highest BCUT2D eigenvalue weighted by Crippen LogP contribution is 2.22. The third kappa shape index (κ3) is 4.35. The summed E-state index contributed by atoms with van der Waals surface area (Å²) in [6, 6.07) is 9.13. The van der Waals surface area contributed by atoms with E-state index in [4.69, 9.17) is 0 Å². The lowest BCUT2D eigenvalue weighted by Crippen LogP contribution is -2.19. The van der Waals surface area contributed by atoms with Gasteiger partial charge in [0, 0.05) is 18.9 Å². The zero-order valence-corrected chi connectivity index (χ0v) is 16.9. The molecule has 1 aromatic carbocycles. The molecule has 0 aliphatic carbocycles. The summed E-state index contributed by atoms with van der Waals surface area (Å²) in [4.78, 5) is 25.3. The fraction of sp³-hybridized carbons (Fsp3) is 0.190. The molecule has 0 bridgehead atoms. The van der Waals surface area contributed by atoms with Gasteiger partial charge in [0.15, 0.2) is 5.65 Å². The molecule has 0 saturated carbocycles. The number of amides is 2. The van der Waals surface area contributed by atoms with Crippen molar-refractivity contribution in [1.82, 2.24) is 24.7 Å². The molecule has 0 saturated heterocycles. The fourth-order valence-corrected chi connectivity index (χ4v) is 3.09. The van der Waals surface area contributed by atoms with Crippen LogP contribution in [0.25, 0.3) is 11.2 Å². The van der Waals surface area contributed by atoms with Crippen LogP contribution in [0.5, 0.6) is 0 Å². The third-order valence-electron chi connectivity index (χ3n) is 4.58. The smallest absolute Gasteiger partial charge is 0.323 e. The highest BCUT2D eigenvalue weighted by atomic mass is 16.2. The van der Waals surface area contributed by atoms with Crippen LogP contribution in [-0.4, -0.2) is 30.8 Å². The number of nitrogens with one attached hydrogen (secondary N) is 3. The Morgan fingerprint density at radius 2 is 1.90 bits per heavy atom. The van der Waals surface area contributed by atoms with Crippen molar-refractivity contribution in [3.8, 4) is 0 Å². The number of hydrogen-bond acceptors (Lipinski definition) is 6. The Bertz CT molecular complexity index is 1200. The molecule has 0 fully saturated rings. The average Bonchev–Trinajstić information content (AvgIpc) is 3.08. The van der Waals surface area contributed by atoms with Crippen molar-refractivity contribution < 1.29 is 4.79 Å². The largest absolute Gasteiger partial charge is 0.362 e. The Hall–Kier alpha value is -4.01. The van der Waals surface area contributed by atoms with Crippen LogP contribution in [0.15, 0.2) is 55.1 Å². The molecule has 2 amide bonds. The predicted molar refractivity (Wildman–Crippen MR) is 116 cm³/mol. The summed E-state index contributed by atoms with van der Waals surface area (Å²) >= 11 is 0. The minimum absolute atomic E-state index is 0.0456. The number of nitrogens with zero attached hydrogens (tertiary/aromatic N) is 5. The van der Waals surface area contributed by atoms with E-state index in [1.165, 1.54) is 0 Å². The second-order valence-corrected chi connectivity index (χ2v) is 7.05. The van der Waals surface area contributed by atoms with Crippen molar-refractivity contribution in [3.63, 3.8) is 0 Å². The second kappa shape index (κ2) is 8.16. The van der Waals surface area contributed by atoms with Gasteiger partial charge in [-0.25, -0.2) is 19.4 Å². The maximum atomic E-state index is 12.3. The van der Waals surface area contributed by atoms with Crippen molar-refractivity contribution in [3.05, 3.63) is 66.2 Å². The average molecular weight is 402 g/mol. The van der Waals surface area contributed by atoms with E-state index >= 15 is 0 Å². The van der Waals surface area contributed by atoms with Crippen LogP contribution < -0.4 is 16.0 Å². The van der Waals surface area contributed by atoms with E-state index in [-0.39, 0.29) is 12.1 Å². The number of pyridine rings is 1. The Balaban J connectivity index is 1.43. The van der Waals surface area contributed by atoms with E-state index in [0.717, 1.165) is 16.6 Å². The number of anilines is 3. The highest BCUT2D eigenvalue weighted by Gasteiger charge is 2.11. The Morgan fingerprint density at radius 3 is 2.73 bits per heavy atom. The van der Waals surface area contributed by atoms with Gasteiger partial charge >= 0.3 is 6.03 Å². The molecule has 4 rings (SSSR count). The van der Waals surface area contributed by atoms with Crippen LogP contribution in [0, 0.1) is 6.92 Å². The van der Waals surface area contributed by atoms with Gasteiger partial charge in [0.1, 0.15) is 11.3 Å². The normalized spacial score (nSPS) is 11.8. The molecular formula is C21H22N8O. The van der Waals surface area contributed by atoms with E-state index in [2.05, 4.69) is 36.0 Å². The molecule has 0 spiro atoms. The molecular weight excluding hydrogens is 380 g/mol. The molecule has 3 aromatic heterocycles. The van der Waals surface area contributed by atoms with Crippen LogP contribution in [0.4, 0.5) is 22.0 Å². The molecule has 1 atom stereocenters. The standard InChI is InChI=1S/C21H22N8O/c1-13-7-17(10-22-9-13)27-21(30)26-16-6-4-5-15(8-16)14(2)25-19-12-23-18-11-24-29(3)20(18)28-19/h4-12,14H,1-3H3,(H,25,28)(H2,26,27,30)/t14-/m0/s1. The summed E-state index contributed by atoms with van der Waals surface area (Å²) in [6.07, 6.45) is 6.71. The van der Waals surface area contributed by atoms with Gasteiger partial charge in [0.2, 0.25) is 0 Å². The van der Waals surface area contributed by atoms with Gasteiger partial charge in [-0.3, -0.25) is 4.98 Å². The number of benzene rings is 1. The molecule has 0 aliphatic rings. The maximum Gasteiger partial charge on any atom is 0.323 e. The van der Waals surface area contributed by atoms with Crippen LogP contribution in [0.1, 0.15) is 24.1 Å². The quantitative estimate of drug-likeness (QED) is 0.467. The number of carbonyl (C=O) groups excluding carboxylic acids is 1.